The molecule has 2 rings (SSSR count). The van der Waals surface area contributed by atoms with Gasteiger partial charge in [-0.3, -0.25) is 9.59 Å². The first-order chi connectivity index (χ1) is 14.1. The summed E-state index contributed by atoms with van der Waals surface area (Å²) >= 11 is 4.91. The highest BCUT2D eigenvalue weighted by atomic mass is 32.2. The SMILES string of the molecule is Cc1oc(=O)oc1COC(=O)SC(C)(C)C(=O)C[C@@H](CS)C(=O)OC1CCCCC1. The molecule has 0 aliphatic heterocycles. The van der Waals surface area contributed by atoms with E-state index in [1.54, 1.807) is 13.8 Å². The van der Waals surface area contributed by atoms with Crippen molar-refractivity contribution in [3.05, 3.63) is 22.1 Å². The van der Waals surface area contributed by atoms with Gasteiger partial charge in [-0.05, 0) is 58.2 Å². The third-order valence-electron chi connectivity index (χ3n) is 4.99. The first-order valence-electron chi connectivity index (χ1n) is 9.92. The molecule has 30 heavy (non-hydrogen) atoms. The van der Waals surface area contributed by atoms with Crippen LogP contribution in [-0.2, 0) is 25.7 Å². The fourth-order valence-electron chi connectivity index (χ4n) is 3.06. The molecule has 0 spiro atoms. The van der Waals surface area contributed by atoms with Crippen LogP contribution in [0.5, 0.6) is 0 Å². The van der Waals surface area contributed by atoms with Crippen molar-refractivity contribution in [2.24, 2.45) is 5.92 Å². The van der Waals surface area contributed by atoms with E-state index in [1.165, 1.54) is 6.92 Å². The number of carbonyl (C=O) groups excluding carboxylic acids is 3. The topological polar surface area (TPSA) is 113 Å². The number of rotatable bonds is 9. The summed E-state index contributed by atoms with van der Waals surface area (Å²) in [6.45, 7) is 4.42. The van der Waals surface area contributed by atoms with Crippen LogP contribution in [0, 0.1) is 12.8 Å². The minimum Gasteiger partial charge on any atom is -0.462 e. The Morgan fingerprint density at radius 1 is 1.20 bits per heavy atom. The quantitative estimate of drug-likeness (QED) is 0.430. The van der Waals surface area contributed by atoms with Crippen molar-refractivity contribution in [2.45, 2.75) is 76.8 Å². The lowest BCUT2D eigenvalue weighted by molar-refractivity contribution is -0.156. The Bertz CT molecular complexity index is 804. The van der Waals surface area contributed by atoms with Gasteiger partial charge in [-0.15, -0.1) is 0 Å². The van der Waals surface area contributed by atoms with Crippen molar-refractivity contribution in [3.63, 3.8) is 0 Å². The molecular weight excluding hydrogens is 432 g/mol. The maximum absolute atomic E-state index is 12.8. The highest BCUT2D eigenvalue weighted by molar-refractivity contribution is 8.15. The zero-order valence-electron chi connectivity index (χ0n) is 17.4. The molecule has 1 aliphatic carbocycles. The van der Waals surface area contributed by atoms with Gasteiger partial charge in [0.15, 0.2) is 18.1 Å². The summed E-state index contributed by atoms with van der Waals surface area (Å²) in [6, 6.07) is 0. The molecule has 0 unspecified atom stereocenters. The Morgan fingerprint density at radius 3 is 2.43 bits per heavy atom. The Balaban J connectivity index is 1.86. The number of thiol groups is 1. The summed E-state index contributed by atoms with van der Waals surface area (Å²) in [5, 5.41) is -0.705. The van der Waals surface area contributed by atoms with E-state index >= 15 is 0 Å². The van der Waals surface area contributed by atoms with Crippen molar-refractivity contribution in [2.75, 3.05) is 5.75 Å². The van der Waals surface area contributed by atoms with Gasteiger partial charge in [0.2, 0.25) is 0 Å². The fourth-order valence-corrected chi connectivity index (χ4v) is 4.07. The normalized spacial score (nSPS) is 16.1. The second-order valence-corrected chi connectivity index (χ2v) is 9.71. The Labute approximate surface area is 184 Å². The summed E-state index contributed by atoms with van der Waals surface area (Å²) in [6.07, 6.45) is 4.76. The van der Waals surface area contributed by atoms with Crippen molar-refractivity contribution >= 4 is 41.4 Å². The van der Waals surface area contributed by atoms with Gasteiger partial charge in [-0.1, -0.05) is 6.42 Å². The summed E-state index contributed by atoms with van der Waals surface area (Å²) in [4.78, 5) is 48.4. The molecule has 0 bridgehead atoms. The second-order valence-electron chi connectivity index (χ2n) is 7.79. The van der Waals surface area contributed by atoms with E-state index < -0.39 is 27.8 Å². The molecule has 1 fully saturated rings. The number of carbonyl (C=O) groups is 3. The minimum atomic E-state index is -1.12. The van der Waals surface area contributed by atoms with Gasteiger partial charge >= 0.3 is 17.1 Å². The number of ether oxygens (including phenoxy) is 2. The van der Waals surface area contributed by atoms with Crippen molar-refractivity contribution in [3.8, 4) is 0 Å². The van der Waals surface area contributed by atoms with Crippen LogP contribution in [0.2, 0.25) is 0 Å². The van der Waals surface area contributed by atoms with Crippen LogP contribution in [0.3, 0.4) is 0 Å². The molecule has 1 aromatic heterocycles. The van der Waals surface area contributed by atoms with E-state index in [2.05, 4.69) is 12.6 Å². The van der Waals surface area contributed by atoms with Gasteiger partial charge in [0.1, 0.15) is 11.9 Å². The predicted octanol–water partition coefficient (Wildman–Crippen LogP) is 4.07. The fraction of sp³-hybridized carbons (Fsp3) is 0.700. The molecule has 0 aromatic carbocycles. The van der Waals surface area contributed by atoms with Crippen LogP contribution in [0.1, 0.15) is 63.9 Å². The van der Waals surface area contributed by atoms with E-state index in [4.69, 9.17) is 18.3 Å². The number of Topliss-reactive ketones (excluding diaryl/α,β-unsaturated/α-hetero) is 1. The van der Waals surface area contributed by atoms with Crippen LogP contribution < -0.4 is 5.82 Å². The molecule has 0 N–H and O–H groups in total. The zero-order valence-corrected chi connectivity index (χ0v) is 19.1. The Morgan fingerprint density at radius 2 is 1.87 bits per heavy atom. The first kappa shape index (κ1) is 24.6. The molecule has 1 saturated carbocycles. The van der Waals surface area contributed by atoms with E-state index in [-0.39, 0.29) is 42.2 Å². The van der Waals surface area contributed by atoms with Gasteiger partial charge in [-0.2, -0.15) is 12.6 Å². The van der Waals surface area contributed by atoms with Gasteiger partial charge in [0.05, 0.1) is 10.7 Å². The molecule has 0 radical (unpaired) electrons. The summed E-state index contributed by atoms with van der Waals surface area (Å²) in [5.41, 5.74) is 0. The molecule has 10 heteroatoms. The van der Waals surface area contributed by atoms with Gasteiger partial charge in [0.25, 0.3) is 0 Å². The smallest absolute Gasteiger partial charge is 0.462 e. The molecule has 0 amide bonds. The molecule has 1 aliphatic rings. The lowest BCUT2D eigenvalue weighted by Crippen LogP contribution is -2.35. The molecule has 1 atom stereocenters. The van der Waals surface area contributed by atoms with Crippen molar-refractivity contribution < 1.29 is 32.7 Å². The Hall–Kier alpha value is -1.68. The molecule has 168 valence electrons. The monoisotopic (exact) mass is 460 g/mol. The number of hydrogen-bond donors (Lipinski definition) is 1. The van der Waals surface area contributed by atoms with Crippen LogP contribution in [0.4, 0.5) is 4.79 Å². The molecule has 1 heterocycles. The second kappa shape index (κ2) is 11.1. The number of hydrogen-bond acceptors (Lipinski definition) is 10. The van der Waals surface area contributed by atoms with E-state index in [9.17, 15) is 19.2 Å². The lowest BCUT2D eigenvalue weighted by Gasteiger charge is -2.26. The van der Waals surface area contributed by atoms with Crippen LogP contribution in [-0.4, -0.2) is 33.7 Å². The molecule has 8 nitrogen and oxygen atoms in total. The zero-order chi connectivity index (χ0) is 22.3. The third kappa shape index (κ3) is 7.23. The maximum atomic E-state index is 12.8. The van der Waals surface area contributed by atoms with E-state index in [0.717, 1.165) is 32.1 Å². The Kier molecular flexibility index (Phi) is 9.09. The molecule has 1 aromatic rings. The molecule has 0 saturated heterocycles. The van der Waals surface area contributed by atoms with Crippen molar-refractivity contribution in [1.29, 1.82) is 0 Å². The number of thioether (sulfide) groups is 1. The van der Waals surface area contributed by atoms with E-state index in [0.29, 0.717) is 11.8 Å². The third-order valence-corrected chi connectivity index (χ3v) is 6.45. The van der Waals surface area contributed by atoms with Crippen molar-refractivity contribution in [1.82, 2.24) is 0 Å². The standard InChI is InChI=1S/C20H28O8S2/c1-12-15(28-18(23)26-12)10-25-19(24)30-20(2,3)16(21)9-13(11-29)17(22)27-14-7-5-4-6-8-14/h13-14,29H,4-11H2,1-3H3/t13-/m0/s1. The lowest BCUT2D eigenvalue weighted by atomic mass is 9.95. The van der Waals surface area contributed by atoms with Crippen LogP contribution >= 0.6 is 24.4 Å². The predicted molar refractivity (Wildman–Crippen MR) is 114 cm³/mol. The summed E-state index contributed by atoms with van der Waals surface area (Å²) < 4.78 is 19.0. The average Bonchev–Trinajstić information content (AvgIpc) is 3.01. The van der Waals surface area contributed by atoms with Gasteiger partial charge in [0, 0.05) is 12.2 Å². The van der Waals surface area contributed by atoms with Crippen LogP contribution in [0.15, 0.2) is 13.6 Å². The molecular formula is C20H28O8S2. The number of ketones is 1. The van der Waals surface area contributed by atoms with Gasteiger partial charge < -0.3 is 18.3 Å². The minimum absolute atomic E-state index is 0.0714. The largest absolute Gasteiger partial charge is 0.519 e. The highest BCUT2D eigenvalue weighted by Gasteiger charge is 2.36. The van der Waals surface area contributed by atoms with Gasteiger partial charge in [-0.25, -0.2) is 9.59 Å². The van der Waals surface area contributed by atoms with E-state index in [1.807, 2.05) is 0 Å². The average molecular weight is 461 g/mol. The van der Waals surface area contributed by atoms with Crippen LogP contribution in [0.25, 0.3) is 0 Å². The maximum Gasteiger partial charge on any atom is 0.519 e. The summed E-state index contributed by atoms with van der Waals surface area (Å²) in [5.74, 6) is -1.73. The number of esters is 1. The summed E-state index contributed by atoms with van der Waals surface area (Å²) in [7, 11) is 0. The highest BCUT2D eigenvalue weighted by Crippen LogP contribution is 2.31. The first-order valence-corrected chi connectivity index (χ1v) is 11.4. The number of aryl methyl sites for hydroxylation is 1.